The number of aromatic nitrogens is 2. The van der Waals surface area contributed by atoms with E-state index in [-0.39, 0.29) is 12.1 Å². The van der Waals surface area contributed by atoms with Crippen LogP contribution in [-0.2, 0) is 12.6 Å². The van der Waals surface area contributed by atoms with Crippen molar-refractivity contribution in [2.45, 2.75) is 18.7 Å². The highest BCUT2D eigenvalue weighted by Gasteiger charge is 2.30. The van der Waals surface area contributed by atoms with Crippen LogP contribution < -0.4 is 5.32 Å². The molecule has 2 N–H and O–H groups in total. The molecule has 0 fully saturated rings. The maximum Gasteiger partial charge on any atom is 0.416 e. The van der Waals surface area contributed by atoms with Crippen molar-refractivity contribution in [2.24, 2.45) is 0 Å². The van der Waals surface area contributed by atoms with E-state index in [1.165, 1.54) is 18.5 Å². The van der Waals surface area contributed by atoms with E-state index in [0.717, 1.165) is 12.1 Å². The van der Waals surface area contributed by atoms with Gasteiger partial charge in [-0.1, -0.05) is 17.3 Å². The average Bonchev–Trinajstić information content (AvgIpc) is 2.96. The van der Waals surface area contributed by atoms with Gasteiger partial charge < -0.3 is 14.9 Å². The summed E-state index contributed by atoms with van der Waals surface area (Å²) in [5, 5.41) is 16.3. The molecule has 0 aliphatic rings. The highest BCUT2D eigenvalue weighted by Crippen LogP contribution is 2.30. The molecule has 0 amide bonds. The summed E-state index contributed by atoms with van der Waals surface area (Å²) in [6.07, 6.45) is -3.67. The Balaban J connectivity index is 1.84. The van der Waals surface area contributed by atoms with E-state index in [2.05, 4.69) is 15.5 Å². The molecule has 1 aromatic heterocycles. The summed E-state index contributed by atoms with van der Waals surface area (Å²) in [5.41, 5.74) is -0.556. The molecule has 21 heavy (non-hydrogen) atoms. The fourth-order valence-electron chi connectivity index (χ4n) is 1.78. The molecule has 0 aliphatic carbocycles. The minimum atomic E-state index is -4.42. The molecule has 0 radical (unpaired) electrons. The van der Waals surface area contributed by atoms with Crippen molar-refractivity contribution in [1.29, 1.82) is 0 Å². The summed E-state index contributed by atoms with van der Waals surface area (Å²) < 4.78 is 42.5. The van der Waals surface area contributed by atoms with Crippen molar-refractivity contribution in [3.05, 3.63) is 47.6 Å². The van der Waals surface area contributed by atoms with Crippen LogP contribution in [-0.4, -0.2) is 28.3 Å². The quantitative estimate of drug-likeness (QED) is 0.798. The highest BCUT2D eigenvalue weighted by atomic mass is 19.4. The third-order valence-corrected chi connectivity index (χ3v) is 2.86. The summed E-state index contributed by atoms with van der Waals surface area (Å²) in [7, 11) is 0. The summed E-state index contributed by atoms with van der Waals surface area (Å²) >= 11 is 0. The third kappa shape index (κ3) is 4.54. The number of aliphatic hydroxyl groups excluding tert-OH is 1. The molecule has 1 heterocycles. The normalized spacial score (nSPS) is 13.3. The Kier molecular flexibility index (Phi) is 4.92. The Bertz CT molecular complexity index is 558. The van der Waals surface area contributed by atoms with Gasteiger partial charge in [-0.15, -0.1) is 0 Å². The summed E-state index contributed by atoms with van der Waals surface area (Å²) in [5.74, 6) is 0.455. The van der Waals surface area contributed by atoms with Crippen molar-refractivity contribution < 1.29 is 22.8 Å². The van der Waals surface area contributed by atoms with Crippen molar-refractivity contribution in [1.82, 2.24) is 15.5 Å². The number of alkyl halides is 3. The zero-order valence-electron chi connectivity index (χ0n) is 11.0. The van der Waals surface area contributed by atoms with Crippen LogP contribution in [0.5, 0.6) is 0 Å². The van der Waals surface area contributed by atoms with E-state index >= 15 is 0 Å². The van der Waals surface area contributed by atoms with Crippen LogP contribution in [0.3, 0.4) is 0 Å². The first-order valence-electron chi connectivity index (χ1n) is 6.28. The van der Waals surface area contributed by atoms with Crippen molar-refractivity contribution in [2.75, 3.05) is 13.1 Å². The standard InChI is InChI=1S/C13H14F3N3O2/c14-13(15,16)10-3-1-2-9(6-10)11(20)7-17-5-4-12-18-8-19-21-12/h1-3,6,8,11,17,20H,4-5,7H2. The number of benzene rings is 1. The van der Waals surface area contributed by atoms with Crippen molar-refractivity contribution in [3.8, 4) is 0 Å². The van der Waals surface area contributed by atoms with Gasteiger partial charge in [-0.05, 0) is 17.7 Å². The predicted octanol–water partition coefficient (Wildman–Crippen LogP) is 1.95. The Morgan fingerprint density at radius 2 is 2.14 bits per heavy atom. The van der Waals surface area contributed by atoms with E-state index in [4.69, 9.17) is 4.52 Å². The number of aliphatic hydroxyl groups is 1. The van der Waals surface area contributed by atoms with Gasteiger partial charge in [0.05, 0.1) is 11.7 Å². The molecule has 1 unspecified atom stereocenters. The minimum Gasteiger partial charge on any atom is -0.387 e. The Morgan fingerprint density at radius 1 is 1.33 bits per heavy atom. The fraction of sp³-hybridized carbons (Fsp3) is 0.385. The molecule has 0 bridgehead atoms. The maximum atomic E-state index is 12.6. The second-order valence-corrected chi connectivity index (χ2v) is 4.43. The lowest BCUT2D eigenvalue weighted by Crippen LogP contribution is -2.24. The SMILES string of the molecule is OC(CNCCc1ncno1)c1cccc(C(F)(F)F)c1. The summed E-state index contributed by atoms with van der Waals surface area (Å²) in [6, 6.07) is 4.66. The smallest absolute Gasteiger partial charge is 0.387 e. The largest absolute Gasteiger partial charge is 0.416 e. The van der Waals surface area contributed by atoms with Crippen LogP contribution in [0.15, 0.2) is 35.1 Å². The van der Waals surface area contributed by atoms with Crippen LogP contribution in [0.1, 0.15) is 23.1 Å². The molecule has 1 aromatic carbocycles. The van der Waals surface area contributed by atoms with Gasteiger partial charge in [-0.2, -0.15) is 18.2 Å². The van der Waals surface area contributed by atoms with E-state index in [0.29, 0.717) is 18.9 Å². The van der Waals surface area contributed by atoms with Crippen LogP contribution >= 0.6 is 0 Å². The lowest BCUT2D eigenvalue weighted by atomic mass is 10.1. The second-order valence-electron chi connectivity index (χ2n) is 4.43. The molecular weight excluding hydrogens is 287 g/mol. The number of hydrogen-bond donors (Lipinski definition) is 2. The summed E-state index contributed by atoms with van der Waals surface area (Å²) in [4.78, 5) is 3.82. The number of halogens is 3. The highest BCUT2D eigenvalue weighted by molar-refractivity contribution is 5.27. The van der Waals surface area contributed by atoms with Crippen LogP contribution in [0.25, 0.3) is 0 Å². The molecule has 0 saturated heterocycles. The first-order chi connectivity index (χ1) is 9.97. The molecule has 0 saturated carbocycles. The van der Waals surface area contributed by atoms with Gasteiger partial charge in [-0.3, -0.25) is 0 Å². The van der Waals surface area contributed by atoms with Gasteiger partial charge in [-0.25, -0.2) is 0 Å². The zero-order valence-corrected chi connectivity index (χ0v) is 11.0. The van der Waals surface area contributed by atoms with Crippen LogP contribution in [0.2, 0.25) is 0 Å². The van der Waals surface area contributed by atoms with Gasteiger partial charge in [0.2, 0.25) is 5.89 Å². The van der Waals surface area contributed by atoms with Gasteiger partial charge in [0, 0.05) is 19.5 Å². The number of hydrogen-bond acceptors (Lipinski definition) is 5. The van der Waals surface area contributed by atoms with Gasteiger partial charge >= 0.3 is 6.18 Å². The Hall–Kier alpha value is -1.93. The topological polar surface area (TPSA) is 71.2 Å². The molecule has 8 heteroatoms. The maximum absolute atomic E-state index is 12.6. The second kappa shape index (κ2) is 6.68. The molecule has 1 atom stereocenters. The van der Waals surface area contributed by atoms with Gasteiger partial charge in [0.25, 0.3) is 0 Å². The van der Waals surface area contributed by atoms with Gasteiger partial charge in [0.1, 0.15) is 0 Å². The number of nitrogens with zero attached hydrogens (tertiary/aromatic N) is 2. The average molecular weight is 301 g/mol. The molecule has 114 valence electrons. The molecule has 5 nitrogen and oxygen atoms in total. The Labute approximate surface area is 118 Å². The van der Waals surface area contributed by atoms with Crippen LogP contribution in [0.4, 0.5) is 13.2 Å². The van der Waals surface area contributed by atoms with E-state index in [1.807, 2.05) is 0 Å². The number of nitrogens with one attached hydrogen (secondary N) is 1. The zero-order chi connectivity index (χ0) is 15.3. The molecule has 2 rings (SSSR count). The Morgan fingerprint density at radius 3 is 2.81 bits per heavy atom. The van der Waals surface area contributed by atoms with E-state index < -0.39 is 17.8 Å². The lowest BCUT2D eigenvalue weighted by molar-refractivity contribution is -0.137. The lowest BCUT2D eigenvalue weighted by Gasteiger charge is -2.14. The van der Waals surface area contributed by atoms with Crippen molar-refractivity contribution in [3.63, 3.8) is 0 Å². The fourth-order valence-corrected chi connectivity index (χ4v) is 1.78. The molecule has 2 aromatic rings. The van der Waals surface area contributed by atoms with Crippen LogP contribution in [0, 0.1) is 0 Å². The van der Waals surface area contributed by atoms with E-state index in [1.54, 1.807) is 0 Å². The monoisotopic (exact) mass is 301 g/mol. The third-order valence-electron chi connectivity index (χ3n) is 2.86. The van der Waals surface area contributed by atoms with Crippen molar-refractivity contribution >= 4 is 0 Å². The molecule has 0 spiro atoms. The number of rotatable bonds is 6. The summed E-state index contributed by atoms with van der Waals surface area (Å²) in [6.45, 7) is 0.605. The first-order valence-corrected chi connectivity index (χ1v) is 6.28. The molecule has 0 aliphatic heterocycles. The van der Waals surface area contributed by atoms with Gasteiger partial charge in [0.15, 0.2) is 6.33 Å². The predicted molar refractivity (Wildman–Crippen MR) is 67.3 cm³/mol. The van der Waals surface area contributed by atoms with E-state index in [9.17, 15) is 18.3 Å². The molecular formula is C13H14F3N3O2. The first kappa shape index (κ1) is 15.5. The minimum absolute atomic E-state index is 0.134.